The monoisotopic (exact) mass is 872 g/mol. The number of nitrogens with one attached hydrogen (secondary N) is 2. The number of allylic oxidation sites excluding steroid dienone is 4. The predicted octanol–water partition coefficient (Wildman–Crippen LogP) is 11.3. The predicted molar refractivity (Wildman–Crippen MR) is 256 cm³/mol. The molecule has 0 bridgehead atoms. The third-order valence-electron chi connectivity index (χ3n) is 11.7. The molecule has 3 unspecified atom stereocenters. The number of hydrogen-bond donors (Lipinski definition) is 2. The second-order valence-electron chi connectivity index (χ2n) is 17.7. The molecule has 356 valence electrons. The number of ether oxygens (including phenoxy) is 4. The molecule has 0 spiro atoms. The van der Waals surface area contributed by atoms with Crippen molar-refractivity contribution in [3.8, 4) is 0 Å². The van der Waals surface area contributed by atoms with E-state index in [4.69, 9.17) is 18.9 Å². The van der Waals surface area contributed by atoms with E-state index < -0.39 is 35.3 Å². The molecule has 1 aromatic rings. The molecule has 1 aliphatic carbocycles. The molecule has 62 heavy (non-hydrogen) atoms. The van der Waals surface area contributed by atoms with E-state index in [0.717, 1.165) is 70.6 Å². The first-order chi connectivity index (χ1) is 30.2. The molecule has 0 radical (unpaired) electrons. The Morgan fingerprint density at radius 1 is 0.613 bits per heavy atom. The fourth-order valence-electron chi connectivity index (χ4n) is 7.81. The van der Waals surface area contributed by atoms with E-state index in [1.54, 1.807) is 0 Å². The first-order valence-electron chi connectivity index (χ1n) is 25.1. The van der Waals surface area contributed by atoms with Crippen molar-refractivity contribution in [1.29, 1.82) is 0 Å². The number of rotatable bonds is 41. The van der Waals surface area contributed by atoms with Crippen LogP contribution in [0, 0.1) is 0 Å². The maximum Gasteiger partial charge on any atom is 0.306 e. The molecule has 0 aliphatic heterocycles. The van der Waals surface area contributed by atoms with Gasteiger partial charge in [0.2, 0.25) is 0 Å². The van der Waals surface area contributed by atoms with E-state index in [-0.39, 0.29) is 29.8 Å². The quantitative estimate of drug-likeness (QED) is 0.0214. The Bertz CT molecular complexity index is 1400. The molecule has 1 saturated carbocycles. The Kier molecular flexibility index (Phi) is 32.3. The van der Waals surface area contributed by atoms with Crippen LogP contribution < -0.4 is 21.5 Å². The molecule has 11 heteroatoms. The second kappa shape index (κ2) is 36.3. The van der Waals surface area contributed by atoms with Gasteiger partial charge < -0.3 is 34.5 Å². The molecule has 11 nitrogen and oxygen atoms in total. The third-order valence-corrected chi connectivity index (χ3v) is 11.7. The van der Waals surface area contributed by atoms with Crippen LogP contribution in [-0.2, 0) is 28.5 Å². The maximum absolute atomic E-state index is 13.4. The summed E-state index contributed by atoms with van der Waals surface area (Å²) in [5, 5.41) is 6.33. The van der Waals surface area contributed by atoms with Gasteiger partial charge in [0.1, 0.15) is 23.6 Å². The first kappa shape index (κ1) is 55.1. The summed E-state index contributed by atoms with van der Waals surface area (Å²) < 4.78 is 24.3. The van der Waals surface area contributed by atoms with Gasteiger partial charge in [0.15, 0.2) is 6.29 Å². The molecule has 2 N–H and O–H groups in total. The Morgan fingerprint density at radius 3 is 1.65 bits per heavy atom. The number of anilines is 2. The first-order valence-corrected chi connectivity index (χ1v) is 25.1. The van der Waals surface area contributed by atoms with Crippen LogP contribution in [0.15, 0.2) is 33.9 Å². The SMILES string of the molecule is CCCCC/C=C\C/C=C\CCCCCCCC(=O)OC1CC(Nc2c(NCCN(C)C)c(=O)c2=O)CC1OC(=O)CCC(OCCCCCCCC)OCCCCCCCC. The molecule has 0 saturated heterocycles. The van der Waals surface area contributed by atoms with Crippen molar-refractivity contribution >= 4 is 23.3 Å². The van der Waals surface area contributed by atoms with Crippen molar-refractivity contribution in [3.05, 3.63) is 44.8 Å². The lowest BCUT2D eigenvalue weighted by atomic mass is 10.1. The number of hydrogen-bond acceptors (Lipinski definition) is 11. The summed E-state index contributed by atoms with van der Waals surface area (Å²) >= 11 is 0. The van der Waals surface area contributed by atoms with E-state index >= 15 is 0 Å². The summed E-state index contributed by atoms with van der Waals surface area (Å²) in [4.78, 5) is 53.6. The minimum Gasteiger partial charge on any atom is -0.458 e. The lowest BCUT2D eigenvalue weighted by Crippen LogP contribution is -2.40. The summed E-state index contributed by atoms with van der Waals surface area (Å²) in [6, 6.07) is -0.326. The highest BCUT2D eigenvalue weighted by Crippen LogP contribution is 2.30. The van der Waals surface area contributed by atoms with E-state index in [9.17, 15) is 19.2 Å². The average molecular weight is 872 g/mol. The number of carbonyl (C=O) groups excluding carboxylic acids is 2. The Balaban J connectivity index is 1.92. The zero-order chi connectivity index (χ0) is 45.0. The van der Waals surface area contributed by atoms with E-state index in [2.05, 4.69) is 55.7 Å². The highest BCUT2D eigenvalue weighted by Gasteiger charge is 2.41. The van der Waals surface area contributed by atoms with Crippen molar-refractivity contribution in [2.45, 2.75) is 225 Å². The number of likely N-dealkylation sites (N-methyl/N-ethyl adjacent to an activating group) is 1. The molecule has 2 rings (SSSR count). The zero-order valence-electron chi connectivity index (χ0n) is 40.0. The number of nitrogens with zero attached hydrogens (tertiary/aromatic N) is 1. The number of unbranched alkanes of at least 4 members (excludes halogenated alkanes) is 18. The highest BCUT2D eigenvalue weighted by atomic mass is 16.7. The topological polar surface area (TPSA) is 133 Å². The number of carbonyl (C=O) groups is 2. The van der Waals surface area contributed by atoms with Gasteiger partial charge in [-0.2, -0.15) is 0 Å². The number of esters is 2. The van der Waals surface area contributed by atoms with Crippen molar-refractivity contribution in [3.63, 3.8) is 0 Å². The summed E-state index contributed by atoms with van der Waals surface area (Å²) in [6.07, 6.45) is 34.8. The van der Waals surface area contributed by atoms with Crippen LogP contribution in [0.5, 0.6) is 0 Å². The largest absolute Gasteiger partial charge is 0.458 e. The zero-order valence-corrected chi connectivity index (χ0v) is 40.0. The van der Waals surface area contributed by atoms with E-state index in [1.807, 2.05) is 19.0 Å². The standard InChI is InChI=1S/C51H89N3O8/c1-6-9-12-15-18-19-20-21-22-23-24-25-26-27-30-33-45(55)61-43-40-42(53-49-48(50(57)51(49)58)52-36-37-54(4)5)41-44(43)62-46(56)34-35-47(59-38-31-28-16-13-10-7-2)60-39-32-29-17-14-11-8-3/h18-19,21-22,42-44,47,52-53H,6-17,20,23-41H2,1-5H3/b19-18-,22-21-. The Hall–Kier alpha value is -3.02. The van der Waals surface area contributed by atoms with Gasteiger partial charge in [-0.05, 0) is 65.5 Å². The Morgan fingerprint density at radius 2 is 1.08 bits per heavy atom. The van der Waals surface area contributed by atoms with Crippen molar-refractivity contribution < 1.29 is 28.5 Å². The highest BCUT2D eigenvalue weighted by molar-refractivity contribution is 5.74. The fourth-order valence-corrected chi connectivity index (χ4v) is 7.81. The molecule has 3 atom stereocenters. The van der Waals surface area contributed by atoms with Crippen LogP contribution in [0.3, 0.4) is 0 Å². The van der Waals surface area contributed by atoms with Gasteiger partial charge in [-0.3, -0.25) is 19.2 Å². The molecule has 1 aliphatic rings. The van der Waals surface area contributed by atoms with Crippen LogP contribution in [0.4, 0.5) is 11.4 Å². The lowest BCUT2D eigenvalue weighted by molar-refractivity contribution is -0.170. The molecular weight excluding hydrogens is 783 g/mol. The molecule has 0 aromatic heterocycles. The van der Waals surface area contributed by atoms with Crippen molar-refractivity contribution in [1.82, 2.24) is 4.90 Å². The van der Waals surface area contributed by atoms with Crippen LogP contribution in [0.2, 0.25) is 0 Å². The minimum atomic E-state index is -0.684. The molecule has 0 amide bonds. The molecular formula is C51H89N3O8. The van der Waals surface area contributed by atoms with Gasteiger partial charge in [-0.1, -0.05) is 141 Å². The smallest absolute Gasteiger partial charge is 0.306 e. The maximum atomic E-state index is 13.4. The lowest BCUT2D eigenvalue weighted by Gasteiger charge is -2.22. The van der Waals surface area contributed by atoms with Crippen LogP contribution in [0.25, 0.3) is 0 Å². The van der Waals surface area contributed by atoms with E-state index in [0.29, 0.717) is 52.0 Å². The minimum absolute atomic E-state index is 0.108. The second-order valence-corrected chi connectivity index (χ2v) is 17.7. The molecule has 0 heterocycles. The van der Waals surface area contributed by atoms with E-state index in [1.165, 1.54) is 77.0 Å². The van der Waals surface area contributed by atoms with Gasteiger partial charge in [0, 0.05) is 58.0 Å². The molecule has 1 aromatic carbocycles. The Labute approximate surface area is 376 Å². The van der Waals surface area contributed by atoms with Crippen LogP contribution in [0.1, 0.15) is 201 Å². The average Bonchev–Trinajstić information content (AvgIpc) is 3.63. The summed E-state index contributed by atoms with van der Waals surface area (Å²) in [5.41, 5.74) is -0.589. The van der Waals surface area contributed by atoms with Crippen LogP contribution in [-0.4, -0.2) is 81.8 Å². The van der Waals surface area contributed by atoms with Gasteiger partial charge in [0.25, 0.3) is 10.9 Å². The summed E-state index contributed by atoms with van der Waals surface area (Å²) in [7, 11) is 3.88. The summed E-state index contributed by atoms with van der Waals surface area (Å²) in [5.74, 6) is -0.712. The van der Waals surface area contributed by atoms with Crippen molar-refractivity contribution in [2.75, 3.05) is 51.0 Å². The van der Waals surface area contributed by atoms with Gasteiger partial charge in [-0.15, -0.1) is 0 Å². The molecule has 1 fully saturated rings. The van der Waals surface area contributed by atoms with Crippen molar-refractivity contribution in [2.24, 2.45) is 0 Å². The van der Waals surface area contributed by atoms with Gasteiger partial charge in [0.05, 0.1) is 6.42 Å². The summed E-state index contributed by atoms with van der Waals surface area (Å²) in [6.45, 7) is 9.05. The van der Waals surface area contributed by atoms with Gasteiger partial charge in [-0.25, -0.2) is 0 Å². The van der Waals surface area contributed by atoms with Crippen LogP contribution >= 0.6 is 0 Å². The fraction of sp³-hybridized carbons (Fsp3) is 0.804. The van der Waals surface area contributed by atoms with Gasteiger partial charge >= 0.3 is 11.9 Å². The normalized spacial score (nSPS) is 16.7. The third kappa shape index (κ3) is 25.9.